The van der Waals surface area contributed by atoms with Gasteiger partial charge in [0, 0.05) is 29.3 Å². The van der Waals surface area contributed by atoms with Crippen LogP contribution in [0.4, 0.5) is 0 Å². The number of carbonyl (C=O) groups is 1. The van der Waals surface area contributed by atoms with Gasteiger partial charge in [-0.2, -0.15) is 0 Å². The zero-order valence-electron chi connectivity index (χ0n) is 13.0. The number of benzene rings is 2. The lowest BCUT2D eigenvalue weighted by Crippen LogP contribution is -2.17. The van der Waals surface area contributed by atoms with Crippen molar-refractivity contribution in [3.63, 3.8) is 0 Å². The maximum atomic E-state index is 11.5. The molecule has 0 saturated carbocycles. The summed E-state index contributed by atoms with van der Waals surface area (Å²) in [5.74, 6) is 1.12. The molecule has 0 fully saturated rings. The van der Waals surface area contributed by atoms with E-state index in [1.54, 1.807) is 43.4 Å². The standard InChI is InChI=1S/C18H15ClN2O3/c1-20-18(22)13-4-8-15(9-5-13)23-11-16-10-17(21-24-16)12-2-6-14(19)7-3-12/h2-10H,11H2,1H3,(H,20,22). The van der Waals surface area contributed by atoms with Crippen LogP contribution in [0.15, 0.2) is 59.1 Å². The van der Waals surface area contributed by atoms with E-state index in [4.69, 9.17) is 20.9 Å². The fraction of sp³-hybridized carbons (Fsp3) is 0.111. The van der Waals surface area contributed by atoms with Crippen molar-refractivity contribution in [2.24, 2.45) is 0 Å². The van der Waals surface area contributed by atoms with Crippen LogP contribution in [-0.4, -0.2) is 18.1 Å². The smallest absolute Gasteiger partial charge is 0.251 e. The minimum atomic E-state index is -0.135. The van der Waals surface area contributed by atoms with Gasteiger partial charge in [-0.25, -0.2) is 0 Å². The van der Waals surface area contributed by atoms with Gasteiger partial charge in [-0.1, -0.05) is 28.9 Å². The summed E-state index contributed by atoms with van der Waals surface area (Å²) >= 11 is 5.87. The van der Waals surface area contributed by atoms with Crippen LogP contribution >= 0.6 is 11.6 Å². The summed E-state index contributed by atoms with van der Waals surface area (Å²) in [4.78, 5) is 11.5. The first-order valence-corrected chi connectivity index (χ1v) is 7.70. The predicted octanol–water partition coefficient (Wildman–Crippen LogP) is 3.93. The van der Waals surface area contributed by atoms with Gasteiger partial charge in [0.05, 0.1) is 0 Å². The molecule has 1 heterocycles. The number of aromatic nitrogens is 1. The molecule has 0 aliphatic heterocycles. The van der Waals surface area contributed by atoms with Crippen LogP contribution in [0.1, 0.15) is 16.1 Å². The van der Waals surface area contributed by atoms with Crippen molar-refractivity contribution in [2.75, 3.05) is 7.05 Å². The average Bonchev–Trinajstić information content (AvgIpc) is 3.09. The van der Waals surface area contributed by atoms with Crippen molar-refractivity contribution in [1.82, 2.24) is 10.5 Å². The van der Waals surface area contributed by atoms with Crippen molar-refractivity contribution < 1.29 is 14.1 Å². The van der Waals surface area contributed by atoms with E-state index in [0.29, 0.717) is 22.1 Å². The second-order valence-corrected chi connectivity index (χ2v) is 5.51. The van der Waals surface area contributed by atoms with Crippen LogP contribution in [0.5, 0.6) is 5.75 Å². The van der Waals surface area contributed by atoms with Gasteiger partial charge >= 0.3 is 0 Å². The molecule has 3 rings (SSSR count). The normalized spacial score (nSPS) is 10.4. The molecule has 1 aromatic heterocycles. The minimum Gasteiger partial charge on any atom is -0.486 e. The van der Waals surface area contributed by atoms with Gasteiger partial charge in [0.25, 0.3) is 5.91 Å². The molecular weight excluding hydrogens is 328 g/mol. The van der Waals surface area contributed by atoms with E-state index < -0.39 is 0 Å². The van der Waals surface area contributed by atoms with Crippen LogP contribution in [0.25, 0.3) is 11.3 Å². The summed E-state index contributed by atoms with van der Waals surface area (Å²) < 4.78 is 10.9. The van der Waals surface area contributed by atoms with E-state index in [2.05, 4.69) is 10.5 Å². The van der Waals surface area contributed by atoms with Crippen molar-refractivity contribution in [2.45, 2.75) is 6.61 Å². The second-order valence-electron chi connectivity index (χ2n) is 5.08. The third-order valence-corrected chi connectivity index (χ3v) is 3.68. The maximum absolute atomic E-state index is 11.5. The largest absolute Gasteiger partial charge is 0.486 e. The van der Waals surface area contributed by atoms with Gasteiger partial charge in [0.2, 0.25) is 0 Å². The Labute approximate surface area is 144 Å². The molecule has 24 heavy (non-hydrogen) atoms. The van der Waals surface area contributed by atoms with Gasteiger partial charge < -0.3 is 14.6 Å². The Morgan fingerprint density at radius 1 is 1.17 bits per heavy atom. The van der Waals surface area contributed by atoms with E-state index in [1.807, 2.05) is 18.2 Å². The summed E-state index contributed by atoms with van der Waals surface area (Å²) in [5, 5.41) is 7.27. The third kappa shape index (κ3) is 3.75. The quantitative estimate of drug-likeness (QED) is 0.763. The predicted molar refractivity (Wildman–Crippen MR) is 91.1 cm³/mol. The second kappa shape index (κ2) is 7.19. The van der Waals surface area contributed by atoms with Crippen molar-refractivity contribution in [1.29, 1.82) is 0 Å². The number of ether oxygens (including phenoxy) is 1. The van der Waals surface area contributed by atoms with Crippen LogP contribution < -0.4 is 10.1 Å². The van der Waals surface area contributed by atoms with Gasteiger partial charge in [0.15, 0.2) is 5.76 Å². The van der Waals surface area contributed by atoms with Crippen molar-refractivity contribution >= 4 is 17.5 Å². The molecule has 122 valence electrons. The first-order valence-electron chi connectivity index (χ1n) is 7.32. The van der Waals surface area contributed by atoms with Gasteiger partial charge in [0.1, 0.15) is 18.1 Å². The fourth-order valence-corrected chi connectivity index (χ4v) is 2.27. The summed E-state index contributed by atoms with van der Waals surface area (Å²) in [6.45, 7) is 0.250. The number of nitrogens with one attached hydrogen (secondary N) is 1. The Hall–Kier alpha value is -2.79. The topological polar surface area (TPSA) is 64.4 Å². The molecule has 1 amide bonds. The molecule has 0 aliphatic rings. The molecule has 0 atom stereocenters. The van der Waals surface area contributed by atoms with E-state index in [9.17, 15) is 4.79 Å². The van der Waals surface area contributed by atoms with Crippen LogP contribution in [-0.2, 0) is 6.61 Å². The number of carbonyl (C=O) groups excluding carboxylic acids is 1. The van der Waals surface area contributed by atoms with Crippen LogP contribution in [0.3, 0.4) is 0 Å². The summed E-state index contributed by atoms with van der Waals surface area (Å²) in [7, 11) is 1.59. The summed E-state index contributed by atoms with van der Waals surface area (Å²) in [5.41, 5.74) is 2.22. The molecule has 0 unspecified atom stereocenters. The molecule has 0 bridgehead atoms. The molecule has 0 aliphatic carbocycles. The first kappa shape index (κ1) is 16.1. The lowest BCUT2D eigenvalue weighted by Gasteiger charge is -2.04. The van der Waals surface area contributed by atoms with Gasteiger partial charge in [-0.05, 0) is 36.4 Å². The Bertz CT molecular complexity index is 826. The van der Waals surface area contributed by atoms with Crippen LogP contribution in [0, 0.1) is 0 Å². The zero-order chi connectivity index (χ0) is 16.9. The molecule has 0 saturated heterocycles. The Morgan fingerprint density at radius 2 is 1.88 bits per heavy atom. The highest BCUT2D eigenvalue weighted by atomic mass is 35.5. The van der Waals surface area contributed by atoms with Gasteiger partial charge in [-0.3, -0.25) is 4.79 Å². The Morgan fingerprint density at radius 3 is 2.54 bits per heavy atom. The summed E-state index contributed by atoms with van der Waals surface area (Å²) in [6, 6.07) is 16.1. The molecule has 1 N–H and O–H groups in total. The highest BCUT2D eigenvalue weighted by Crippen LogP contribution is 2.22. The van der Waals surface area contributed by atoms with Crippen molar-refractivity contribution in [3.8, 4) is 17.0 Å². The van der Waals surface area contributed by atoms with E-state index in [1.165, 1.54) is 0 Å². The molecule has 0 radical (unpaired) electrons. The highest BCUT2D eigenvalue weighted by molar-refractivity contribution is 6.30. The van der Waals surface area contributed by atoms with E-state index in [0.717, 1.165) is 11.3 Å². The number of hydrogen-bond donors (Lipinski definition) is 1. The van der Waals surface area contributed by atoms with Crippen molar-refractivity contribution in [3.05, 3.63) is 70.9 Å². The third-order valence-electron chi connectivity index (χ3n) is 3.42. The van der Waals surface area contributed by atoms with E-state index in [-0.39, 0.29) is 12.5 Å². The number of hydrogen-bond acceptors (Lipinski definition) is 4. The Kier molecular flexibility index (Phi) is 4.82. The lowest BCUT2D eigenvalue weighted by atomic mass is 10.1. The molecule has 0 spiro atoms. The Balaban J connectivity index is 1.63. The number of nitrogens with zero attached hydrogens (tertiary/aromatic N) is 1. The molecule has 2 aromatic carbocycles. The molecular formula is C18H15ClN2O3. The monoisotopic (exact) mass is 342 g/mol. The number of amides is 1. The first-order chi connectivity index (χ1) is 11.7. The maximum Gasteiger partial charge on any atom is 0.251 e. The minimum absolute atomic E-state index is 0.135. The average molecular weight is 343 g/mol. The SMILES string of the molecule is CNC(=O)c1ccc(OCc2cc(-c3ccc(Cl)cc3)no2)cc1. The lowest BCUT2D eigenvalue weighted by molar-refractivity contribution is 0.0963. The zero-order valence-corrected chi connectivity index (χ0v) is 13.7. The number of rotatable bonds is 5. The molecule has 5 nitrogen and oxygen atoms in total. The highest BCUT2D eigenvalue weighted by Gasteiger charge is 2.08. The number of halogens is 1. The molecule has 3 aromatic rings. The van der Waals surface area contributed by atoms with E-state index >= 15 is 0 Å². The fourth-order valence-electron chi connectivity index (χ4n) is 2.14. The molecule has 6 heteroatoms. The van der Waals surface area contributed by atoms with Crippen LogP contribution in [0.2, 0.25) is 5.02 Å². The summed E-state index contributed by atoms with van der Waals surface area (Å²) in [6.07, 6.45) is 0. The van der Waals surface area contributed by atoms with Gasteiger partial charge in [-0.15, -0.1) is 0 Å².